The Bertz CT molecular complexity index is 4060. The lowest BCUT2D eigenvalue weighted by Crippen LogP contribution is -2.04. The molecule has 0 saturated heterocycles. The van der Waals surface area contributed by atoms with Crippen LogP contribution < -0.4 is 9.47 Å². The van der Waals surface area contributed by atoms with Gasteiger partial charge in [-0.25, -0.2) is 31.8 Å². The van der Waals surface area contributed by atoms with Crippen LogP contribution in [-0.2, 0) is 26.7 Å². The van der Waals surface area contributed by atoms with Crippen LogP contribution in [0.15, 0.2) is 232 Å². The molecule has 0 aliphatic heterocycles. The number of benzene rings is 8. The summed E-state index contributed by atoms with van der Waals surface area (Å²) < 4.78 is 69.9. The Morgan fingerprint density at radius 3 is 1.29 bits per heavy atom. The number of carbonyl (C=O) groups is 1. The van der Waals surface area contributed by atoms with Gasteiger partial charge in [0, 0.05) is 23.9 Å². The van der Waals surface area contributed by atoms with Crippen LogP contribution in [0.5, 0.6) is 23.0 Å². The summed E-state index contributed by atoms with van der Waals surface area (Å²) in [4.78, 5) is 28.8. The van der Waals surface area contributed by atoms with Gasteiger partial charge in [0.2, 0.25) is 19.7 Å². The molecule has 0 unspecified atom stereocenters. The van der Waals surface area contributed by atoms with E-state index in [1.165, 1.54) is 24.3 Å². The highest BCUT2D eigenvalue weighted by atomic mass is 32.2. The highest BCUT2D eigenvalue weighted by Gasteiger charge is 2.22. The Morgan fingerprint density at radius 2 is 0.806 bits per heavy atom. The highest BCUT2D eigenvalue weighted by molar-refractivity contribution is 7.91. The van der Waals surface area contributed by atoms with Gasteiger partial charge < -0.3 is 14.0 Å². The maximum atomic E-state index is 13.9. The zero-order chi connectivity index (χ0) is 49.6. The van der Waals surface area contributed by atoms with Crippen molar-refractivity contribution in [2.24, 2.45) is 7.05 Å². The Balaban J connectivity index is 0.744. The minimum Gasteiger partial charge on any atom is -0.457 e. The van der Waals surface area contributed by atoms with Gasteiger partial charge in [-0.1, -0.05) is 48.0 Å². The number of aryl methyl sites for hydroxylation is 2. The number of sulfone groups is 2. The first-order valence-electron chi connectivity index (χ1n) is 22.7. The number of hydrogen-bond donors (Lipinski definition) is 0. The van der Waals surface area contributed by atoms with Crippen LogP contribution in [-0.4, -0.2) is 46.7 Å². The number of imidazole rings is 2. The number of rotatable bonds is 13. The smallest absolute Gasteiger partial charge is 0.206 e. The molecule has 11 aromatic rings. The fourth-order valence-corrected chi connectivity index (χ4v) is 11.0. The van der Waals surface area contributed by atoms with Gasteiger partial charge in [0.05, 0.1) is 41.6 Å². The molecule has 12 nitrogen and oxygen atoms in total. The molecular weight excluding hydrogens is 943 g/mol. The number of pyridine rings is 1. The molecule has 14 heteroatoms. The van der Waals surface area contributed by atoms with Crippen LogP contribution >= 0.6 is 0 Å². The molecule has 0 radical (unpaired) electrons. The van der Waals surface area contributed by atoms with Crippen molar-refractivity contribution in [3.63, 3.8) is 0 Å². The van der Waals surface area contributed by atoms with E-state index >= 15 is 0 Å². The maximum Gasteiger partial charge on any atom is 0.206 e. The molecular formula is C58H41N5O7S2. The minimum atomic E-state index is -3.91. The van der Waals surface area contributed by atoms with E-state index in [4.69, 9.17) is 24.4 Å². The summed E-state index contributed by atoms with van der Waals surface area (Å²) in [7, 11) is -5.62. The largest absolute Gasteiger partial charge is 0.457 e. The third-order valence-electron chi connectivity index (χ3n) is 12.3. The predicted octanol–water partition coefficient (Wildman–Crippen LogP) is 12.4. The molecule has 3 aromatic heterocycles. The number of ketones is 1. The van der Waals surface area contributed by atoms with Crippen molar-refractivity contribution in [1.29, 1.82) is 0 Å². The van der Waals surface area contributed by atoms with Gasteiger partial charge in [-0.15, -0.1) is 0 Å². The maximum absolute atomic E-state index is 13.9. The SMILES string of the molecule is Cc1ccc(S(=O)(=O)c2ccc(Oc3ccc(C(=O)c4ccc(Oc5ccc(S(=O)(=O)c6ccc(-n7c(-c8cccc(-c9nc%10ccccc%10n9C)n8)nc8ccccc87)cc6)cc5)cc4)cc3)cc2)cc1. The number of hydrogen-bond acceptors (Lipinski definition) is 10. The fraction of sp³-hybridized carbons (Fsp3) is 0.0345. The lowest BCUT2D eigenvalue weighted by molar-refractivity contribution is 0.103. The topological polar surface area (TPSA) is 152 Å². The van der Waals surface area contributed by atoms with E-state index in [9.17, 15) is 21.6 Å². The summed E-state index contributed by atoms with van der Waals surface area (Å²) in [5, 5.41) is 0. The summed E-state index contributed by atoms with van der Waals surface area (Å²) in [5.41, 5.74) is 7.35. The van der Waals surface area contributed by atoms with Crippen LogP contribution in [0.25, 0.3) is 50.8 Å². The number of carbonyl (C=O) groups excluding carboxylic acids is 1. The second kappa shape index (κ2) is 18.4. The van der Waals surface area contributed by atoms with E-state index in [0.717, 1.165) is 33.5 Å². The normalized spacial score (nSPS) is 11.8. The summed E-state index contributed by atoms with van der Waals surface area (Å²) >= 11 is 0. The molecule has 0 aliphatic carbocycles. The summed E-state index contributed by atoms with van der Waals surface area (Å²) in [6.45, 7) is 1.90. The van der Waals surface area contributed by atoms with Gasteiger partial charge >= 0.3 is 0 Å². The Kier molecular flexibility index (Phi) is 11.6. The van der Waals surface area contributed by atoms with Crippen LogP contribution in [0.4, 0.5) is 0 Å². The number of ether oxygens (including phenoxy) is 2. The monoisotopic (exact) mass is 983 g/mol. The second-order valence-electron chi connectivity index (χ2n) is 17.0. The summed E-state index contributed by atoms with van der Waals surface area (Å²) in [5.74, 6) is 2.90. The molecule has 0 spiro atoms. The third-order valence-corrected chi connectivity index (χ3v) is 15.8. The summed E-state index contributed by atoms with van der Waals surface area (Å²) in [6.07, 6.45) is 0. The average molecular weight is 984 g/mol. The van der Waals surface area contributed by atoms with Crippen molar-refractivity contribution >= 4 is 47.5 Å². The molecule has 0 aliphatic rings. The second-order valence-corrected chi connectivity index (χ2v) is 20.9. The molecule has 0 fully saturated rings. The van der Waals surface area contributed by atoms with E-state index < -0.39 is 19.7 Å². The van der Waals surface area contributed by atoms with E-state index in [1.807, 2.05) is 89.8 Å². The van der Waals surface area contributed by atoms with Crippen molar-refractivity contribution in [3.8, 4) is 51.7 Å². The van der Waals surface area contributed by atoms with Crippen molar-refractivity contribution in [2.45, 2.75) is 26.5 Å². The average Bonchev–Trinajstić information content (AvgIpc) is 3.97. The van der Waals surface area contributed by atoms with Crippen molar-refractivity contribution in [3.05, 3.63) is 229 Å². The van der Waals surface area contributed by atoms with E-state index in [1.54, 1.807) is 121 Å². The number of fused-ring (bicyclic) bond motifs is 2. The van der Waals surface area contributed by atoms with E-state index in [-0.39, 0.29) is 25.4 Å². The first kappa shape index (κ1) is 45.5. The Hall–Kier alpha value is -8.98. The highest BCUT2D eigenvalue weighted by Crippen LogP contribution is 2.33. The molecule has 3 heterocycles. The molecule has 0 atom stereocenters. The number of nitrogens with zero attached hydrogens (tertiary/aromatic N) is 5. The first-order valence-corrected chi connectivity index (χ1v) is 25.7. The Morgan fingerprint density at radius 1 is 0.417 bits per heavy atom. The van der Waals surface area contributed by atoms with Gasteiger partial charge in [0.25, 0.3) is 0 Å². The van der Waals surface area contributed by atoms with Crippen molar-refractivity contribution in [2.75, 3.05) is 0 Å². The molecule has 0 bridgehead atoms. The lowest BCUT2D eigenvalue weighted by Gasteiger charge is -2.12. The van der Waals surface area contributed by atoms with E-state index in [2.05, 4.69) is 0 Å². The zero-order valence-electron chi connectivity index (χ0n) is 38.6. The number of para-hydroxylation sites is 4. The van der Waals surface area contributed by atoms with Gasteiger partial charge in [-0.05, 0) is 177 Å². The van der Waals surface area contributed by atoms with Gasteiger partial charge in [-0.3, -0.25) is 9.36 Å². The standard InChI is InChI=1S/C58H41N5O7S2/c1-38-14-30-46(31-15-38)71(65,66)48-34-26-44(27-35-48)69-42-22-16-39(17-23-42)56(64)40-18-24-43(25-19-40)70-45-28-36-49(37-29-45)72(67,68)47-32-20-41(21-33-47)63-55-13-6-4-9-51(55)61-58(63)53-11-7-10-52(59-53)57-60-50-8-3-5-12-54(50)62(57)2/h3-37H,1-2H3. The lowest BCUT2D eigenvalue weighted by atomic mass is 10.0. The molecule has 0 amide bonds. The zero-order valence-corrected chi connectivity index (χ0v) is 40.3. The van der Waals surface area contributed by atoms with Crippen LogP contribution in [0, 0.1) is 6.92 Å². The molecule has 8 aromatic carbocycles. The molecule has 0 N–H and O–H groups in total. The van der Waals surface area contributed by atoms with Gasteiger partial charge in [0.1, 0.15) is 34.4 Å². The van der Waals surface area contributed by atoms with Gasteiger partial charge in [0.15, 0.2) is 17.4 Å². The van der Waals surface area contributed by atoms with Gasteiger partial charge in [-0.2, -0.15) is 0 Å². The predicted molar refractivity (Wildman–Crippen MR) is 275 cm³/mol. The molecule has 11 rings (SSSR count). The minimum absolute atomic E-state index is 0.0962. The van der Waals surface area contributed by atoms with Crippen LogP contribution in [0.2, 0.25) is 0 Å². The van der Waals surface area contributed by atoms with Crippen LogP contribution in [0.3, 0.4) is 0 Å². The quantitative estimate of drug-likeness (QED) is 0.102. The summed E-state index contributed by atoms with van der Waals surface area (Å²) in [6, 6.07) is 60.5. The van der Waals surface area contributed by atoms with E-state index in [0.29, 0.717) is 57.0 Å². The van der Waals surface area contributed by atoms with Crippen molar-refractivity contribution < 1.29 is 31.1 Å². The first-order chi connectivity index (χ1) is 34.9. The fourth-order valence-electron chi connectivity index (χ4n) is 8.44. The third kappa shape index (κ3) is 8.69. The number of aromatic nitrogens is 5. The molecule has 72 heavy (non-hydrogen) atoms. The van der Waals surface area contributed by atoms with Crippen molar-refractivity contribution in [1.82, 2.24) is 24.1 Å². The molecule has 0 saturated carbocycles. The Labute approximate surface area is 414 Å². The molecule has 352 valence electrons. The van der Waals surface area contributed by atoms with Crippen LogP contribution in [0.1, 0.15) is 21.5 Å².